The van der Waals surface area contributed by atoms with E-state index >= 15 is 0 Å². The van der Waals surface area contributed by atoms with E-state index in [4.69, 9.17) is 11.6 Å². The monoisotopic (exact) mass is 392 g/mol. The number of amides is 1. The highest BCUT2D eigenvalue weighted by atomic mass is 35.5. The first-order chi connectivity index (χ1) is 12.6. The molecule has 7 heteroatoms. The Hall–Kier alpha value is -1.73. The second-order valence-electron chi connectivity index (χ2n) is 6.72. The smallest absolute Gasteiger partial charge is 0.295 e. The Balaban J connectivity index is 1.37. The van der Waals surface area contributed by atoms with E-state index in [9.17, 15) is 4.79 Å². The van der Waals surface area contributed by atoms with E-state index in [1.807, 2.05) is 24.3 Å². The highest BCUT2D eigenvalue weighted by molar-refractivity contribution is 7.13. The number of benzene rings is 1. The van der Waals surface area contributed by atoms with Crippen LogP contribution in [-0.2, 0) is 11.3 Å². The second-order valence-corrected chi connectivity index (χ2v) is 8.48. The van der Waals surface area contributed by atoms with Crippen LogP contribution in [0.25, 0.3) is 0 Å². The van der Waals surface area contributed by atoms with E-state index in [1.165, 1.54) is 15.3 Å². The van der Waals surface area contributed by atoms with Gasteiger partial charge in [-0.2, -0.15) is 5.10 Å². The number of carbonyl (C=O) groups excluding carboxylic acids is 1. The third-order valence-corrected chi connectivity index (χ3v) is 5.77. The van der Waals surface area contributed by atoms with Crippen molar-refractivity contribution in [2.75, 3.05) is 32.7 Å². The number of carbonyl (C=O) groups is 1. The van der Waals surface area contributed by atoms with Crippen LogP contribution in [-0.4, -0.2) is 44.8 Å². The number of aryl methyl sites for hydroxylation is 1. The predicted molar refractivity (Wildman–Crippen MR) is 106 cm³/mol. The lowest BCUT2D eigenvalue weighted by Crippen LogP contribution is -3.28. The van der Waals surface area contributed by atoms with Crippen molar-refractivity contribution >= 4 is 35.1 Å². The molecule has 0 bridgehead atoms. The molecule has 1 saturated heterocycles. The van der Waals surface area contributed by atoms with Crippen LogP contribution in [0.4, 0.5) is 0 Å². The van der Waals surface area contributed by atoms with Gasteiger partial charge in [-0.3, -0.25) is 4.79 Å². The van der Waals surface area contributed by atoms with Crippen LogP contribution in [0, 0.1) is 6.92 Å². The van der Waals surface area contributed by atoms with Crippen LogP contribution >= 0.6 is 22.9 Å². The molecule has 0 aliphatic carbocycles. The molecule has 3 N–H and O–H groups in total. The van der Waals surface area contributed by atoms with Gasteiger partial charge < -0.3 is 9.80 Å². The highest BCUT2D eigenvalue weighted by Gasteiger charge is 2.24. The summed E-state index contributed by atoms with van der Waals surface area (Å²) in [7, 11) is 0. The van der Waals surface area contributed by atoms with E-state index < -0.39 is 0 Å². The third-order valence-electron chi connectivity index (χ3n) is 4.58. The van der Waals surface area contributed by atoms with Crippen LogP contribution in [0.3, 0.4) is 0 Å². The zero-order chi connectivity index (χ0) is 18.4. The zero-order valence-electron chi connectivity index (χ0n) is 14.9. The second kappa shape index (κ2) is 9.28. The lowest BCUT2D eigenvalue weighted by molar-refractivity contribution is -1.02. The van der Waals surface area contributed by atoms with Crippen molar-refractivity contribution in [2.45, 2.75) is 13.5 Å². The van der Waals surface area contributed by atoms with Gasteiger partial charge in [0, 0.05) is 20.3 Å². The number of piperazine rings is 1. The van der Waals surface area contributed by atoms with E-state index in [2.05, 4.69) is 29.6 Å². The summed E-state index contributed by atoms with van der Waals surface area (Å²) in [5.74, 6) is -0.0225. The van der Waals surface area contributed by atoms with Gasteiger partial charge in [-0.05, 0) is 31.2 Å². The zero-order valence-corrected chi connectivity index (χ0v) is 16.5. The summed E-state index contributed by atoms with van der Waals surface area (Å²) in [5.41, 5.74) is 3.95. The predicted octanol–water partition coefficient (Wildman–Crippen LogP) is 0.144. The number of hydrazone groups is 1. The van der Waals surface area contributed by atoms with Crippen LogP contribution < -0.4 is 15.2 Å². The summed E-state index contributed by atoms with van der Waals surface area (Å²) in [6.07, 6.45) is 1.71. The molecule has 1 aromatic heterocycles. The summed E-state index contributed by atoms with van der Waals surface area (Å²) < 4.78 is 0. The minimum Gasteiger partial charge on any atom is -0.322 e. The normalized spacial score (nSPS) is 20.4. The Morgan fingerprint density at radius 1 is 1.15 bits per heavy atom. The van der Waals surface area contributed by atoms with Gasteiger partial charge in [-0.1, -0.05) is 23.7 Å². The minimum absolute atomic E-state index is 0.0225. The first kappa shape index (κ1) is 19.0. The molecule has 0 spiro atoms. The molecule has 0 atom stereocenters. The molecule has 2 heterocycles. The Labute approximate surface area is 163 Å². The molecule has 5 nitrogen and oxygen atoms in total. The van der Waals surface area contributed by atoms with E-state index in [-0.39, 0.29) is 5.91 Å². The molecule has 138 valence electrons. The molecule has 2 aromatic rings. The Morgan fingerprint density at radius 3 is 2.50 bits per heavy atom. The number of hydrogen-bond donors (Lipinski definition) is 3. The van der Waals surface area contributed by atoms with Gasteiger partial charge in [-0.25, -0.2) is 5.43 Å². The minimum atomic E-state index is -0.0225. The largest absolute Gasteiger partial charge is 0.322 e. The van der Waals surface area contributed by atoms with Gasteiger partial charge in [-0.15, -0.1) is 11.3 Å². The van der Waals surface area contributed by atoms with Crippen LogP contribution in [0.5, 0.6) is 0 Å². The molecule has 0 saturated carbocycles. The Kier molecular flexibility index (Phi) is 6.80. The van der Waals surface area contributed by atoms with Gasteiger partial charge in [0.25, 0.3) is 5.91 Å². The Morgan fingerprint density at radius 2 is 1.85 bits per heavy atom. The maximum Gasteiger partial charge on any atom is 0.295 e. The van der Waals surface area contributed by atoms with Gasteiger partial charge in [0.05, 0.1) is 6.21 Å². The molecule has 1 aliphatic rings. The van der Waals surface area contributed by atoms with Crippen molar-refractivity contribution in [3.8, 4) is 0 Å². The van der Waals surface area contributed by atoms with Crippen LogP contribution in [0.15, 0.2) is 41.5 Å². The van der Waals surface area contributed by atoms with Gasteiger partial charge in [0.2, 0.25) is 0 Å². The molecular formula is C19H25ClN4OS+2. The van der Waals surface area contributed by atoms with Crippen molar-refractivity contribution in [3.63, 3.8) is 0 Å². The molecule has 26 heavy (non-hydrogen) atoms. The average molecular weight is 393 g/mol. The van der Waals surface area contributed by atoms with Gasteiger partial charge in [0.1, 0.15) is 32.7 Å². The number of rotatable bonds is 6. The maximum atomic E-state index is 12.0. The summed E-state index contributed by atoms with van der Waals surface area (Å²) in [6, 6.07) is 12.1. The van der Waals surface area contributed by atoms with Crippen molar-refractivity contribution in [1.82, 2.24) is 5.43 Å². The van der Waals surface area contributed by atoms with E-state index in [0.717, 1.165) is 42.6 Å². The van der Waals surface area contributed by atoms with Crippen molar-refractivity contribution in [1.29, 1.82) is 0 Å². The first-order valence-electron chi connectivity index (χ1n) is 8.88. The summed E-state index contributed by atoms with van der Waals surface area (Å²) >= 11 is 7.60. The van der Waals surface area contributed by atoms with Crippen molar-refractivity contribution < 1.29 is 14.6 Å². The maximum absolute atomic E-state index is 12.0. The first-order valence-corrected chi connectivity index (χ1v) is 10.1. The molecule has 1 amide bonds. The fraction of sp³-hybridized carbons (Fsp3) is 0.368. The fourth-order valence-corrected chi connectivity index (χ4v) is 4.03. The molecule has 1 aliphatic heterocycles. The topological polar surface area (TPSA) is 50.3 Å². The quantitative estimate of drug-likeness (QED) is 0.475. The number of halogens is 1. The van der Waals surface area contributed by atoms with Gasteiger partial charge >= 0.3 is 0 Å². The number of thiophene rings is 1. The van der Waals surface area contributed by atoms with E-state index in [0.29, 0.717) is 6.54 Å². The molecule has 3 rings (SSSR count). The van der Waals surface area contributed by atoms with Crippen molar-refractivity contribution in [3.05, 3.63) is 56.7 Å². The lowest BCUT2D eigenvalue weighted by atomic mass is 10.2. The van der Waals surface area contributed by atoms with Crippen molar-refractivity contribution in [2.24, 2.45) is 5.10 Å². The molecule has 0 radical (unpaired) electrons. The highest BCUT2D eigenvalue weighted by Crippen LogP contribution is 2.12. The fourth-order valence-electron chi connectivity index (χ4n) is 3.16. The summed E-state index contributed by atoms with van der Waals surface area (Å²) in [5, 5.41) is 4.83. The number of hydrogen-bond acceptors (Lipinski definition) is 3. The third kappa shape index (κ3) is 5.92. The Bertz CT molecular complexity index is 751. The average Bonchev–Trinajstić information content (AvgIpc) is 3.04. The SMILES string of the molecule is Cc1ccc(/C=N\NC(=O)C[NH+]2CC[NH+](Cc3ccc(Cl)cc3)CC2)s1. The molecule has 1 aromatic carbocycles. The lowest BCUT2D eigenvalue weighted by Gasteiger charge is -2.29. The van der Waals surface area contributed by atoms with E-state index in [1.54, 1.807) is 22.5 Å². The van der Waals surface area contributed by atoms with Gasteiger partial charge in [0.15, 0.2) is 6.54 Å². The summed E-state index contributed by atoms with van der Waals surface area (Å²) in [6.45, 7) is 7.70. The molecule has 0 unspecified atom stereocenters. The number of quaternary nitrogens is 2. The molecular weight excluding hydrogens is 368 g/mol. The van der Waals surface area contributed by atoms with Crippen LogP contribution in [0.2, 0.25) is 5.02 Å². The number of nitrogens with one attached hydrogen (secondary N) is 3. The van der Waals surface area contributed by atoms with Crippen LogP contribution in [0.1, 0.15) is 15.3 Å². The summed E-state index contributed by atoms with van der Waals surface area (Å²) in [4.78, 5) is 17.2. The standard InChI is InChI=1S/C19H23ClN4OS/c1-15-2-7-18(26-15)12-21-22-19(25)14-24-10-8-23(9-11-24)13-16-3-5-17(20)6-4-16/h2-7,12H,8-11,13-14H2,1H3,(H,22,25)/p+2/b21-12-. The number of nitrogens with zero attached hydrogens (tertiary/aromatic N) is 1. The molecule has 1 fully saturated rings.